The van der Waals surface area contributed by atoms with E-state index >= 15 is 0 Å². The van der Waals surface area contributed by atoms with Gasteiger partial charge in [-0.05, 0) is 31.0 Å². The molecule has 3 nitrogen and oxygen atoms in total. The Labute approximate surface area is 107 Å². The van der Waals surface area contributed by atoms with E-state index in [0.29, 0.717) is 11.4 Å². The first kappa shape index (κ1) is 14.0. The van der Waals surface area contributed by atoms with Gasteiger partial charge in [-0.15, -0.1) is 0 Å². The van der Waals surface area contributed by atoms with Crippen molar-refractivity contribution in [1.29, 1.82) is 0 Å². The molecule has 0 bridgehead atoms. The minimum Gasteiger partial charge on any atom is -0.348 e. The van der Waals surface area contributed by atoms with Gasteiger partial charge in [0.1, 0.15) is 0 Å². The van der Waals surface area contributed by atoms with Gasteiger partial charge < -0.3 is 11.1 Å². The van der Waals surface area contributed by atoms with Gasteiger partial charge >= 0.3 is 0 Å². The maximum atomic E-state index is 11.7. The Hall–Kier alpha value is -1.06. The number of amides is 1. The first-order chi connectivity index (χ1) is 8.04. The summed E-state index contributed by atoms with van der Waals surface area (Å²) in [5, 5.41) is 3.58. The number of nitrogens with two attached hydrogens (primary N) is 1. The van der Waals surface area contributed by atoms with Crippen LogP contribution in [0.2, 0.25) is 5.02 Å². The standard InChI is InChI=1S/C13H19ClN2O/c1-3-4-12(15)13(17)16-9(2)10-5-7-11(14)8-6-10/h5-9,12H,3-4,15H2,1-2H3,(H,16,17)/t9-,12?/m0/s1. The lowest BCUT2D eigenvalue weighted by molar-refractivity contribution is -0.123. The van der Waals surface area contributed by atoms with Crippen LogP contribution in [0.1, 0.15) is 38.3 Å². The number of hydrogen-bond donors (Lipinski definition) is 2. The zero-order valence-corrected chi connectivity index (χ0v) is 11.0. The van der Waals surface area contributed by atoms with Gasteiger partial charge in [0.25, 0.3) is 0 Å². The van der Waals surface area contributed by atoms with E-state index in [1.54, 1.807) is 0 Å². The highest BCUT2D eigenvalue weighted by molar-refractivity contribution is 6.30. The zero-order chi connectivity index (χ0) is 12.8. The summed E-state index contributed by atoms with van der Waals surface area (Å²) in [4.78, 5) is 11.7. The van der Waals surface area contributed by atoms with E-state index in [4.69, 9.17) is 17.3 Å². The first-order valence-electron chi connectivity index (χ1n) is 5.86. The Balaban J connectivity index is 2.57. The summed E-state index contributed by atoms with van der Waals surface area (Å²) in [6.07, 6.45) is 1.61. The van der Waals surface area contributed by atoms with Gasteiger partial charge in [0, 0.05) is 5.02 Å². The van der Waals surface area contributed by atoms with Crippen LogP contribution in [0.4, 0.5) is 0 Å². The van der Waals surface area contributed by atoms with Crippen LogP contribution in [0, 0.1) is 0 Å². The highest BCUT2D eigenvalue weighted by atomic mass is 35.5. The minimum atomic E-state index is -0.422. The molecule has 3 N–H and O–H groups in total. The molecule has 1 rings (SSSR count). The van der Waals surface area contributed by atoms with Crippen molar-refractivity contribution < 1.29 is 4.79 Å². The van der Waals surface area contributed by atoms with Crippen molar-refractivity contribution >= 4 is 17.5 Å². The van der Waals surface area contributed by atoms with Crippen molar-refractivity contribution in [1.82, 2.24) is 5.32 Å². The minimum absolute atomic E-state index is 0.0531. The lowest BCUT2D eigenvalue weighted by Gasteiger charge is -2.17. The quantitative estimate of drug-likeness (QED) is 0.849. The Morgan fingerprint density at radius 3 is 2.53 bits per heavy atom. The van der Waals surface area contributed by atoms with Gasteiger partial charge in [-0.25, -0.2) is 0 Å². The zero-order valence-electron chi connectivity index (χ0n) is 10.2. The predicted octanol–water partition coefficient (Wildman–Crippen LogP) is 2.64. The lowest BCUT2D eigenvalue weighted by atomic mass is 10.1. The van der Waals surface area contributed by atoms with Gasteiger partial charge in [0.2, 0.25) is 5.91 Å². The molecule has 0 heterocycles. The first-order valence-corrected chi connectivity index (χ1v) is 6.23. The van der Waals surface area contributed by atoms with Gasteiger partial charge in [-0.1, -0.05) is 37.1 Å². The molecule has 0 saturated heterocycles. The number of carbonyl (C=O) groups is 1. The maximum Gasteiger partial charge on any atom is 0.237 e. The summed E-state index contributed by atoms with van der Waals surface area (Å²) in [6.45, 7) is 3.94. The fraction of sp³-hybridized carbons (Fsp3) is 0.462. The molecule has 1 unspecified atom stereocenters. The molecular weight excluding hydrogens is 236 g/mol. The Morgan fingerprint density at radius 1 is 1.41 bits per heavy atom. The van der Waals surface area contributed by atoms with Crippen LogP contribution in [-0.2, 0) is 4.79 Å². The van der Waals surface area contributed by atoms with Crippen LogP contribution in [0.15, 0.2) is 24.3 Å². The van der Waals surface area contributed by atoms with Crippen molar-refractivity contribution in [2.24, 2.45) is 5.73 Å². The van der Waals surface area contributed by atoms with Crippen LogP contribution in [0.5, 0.6) is 0 Å². The Kier molecular flexibility index (Phi) is 5.45. The van der Waals surface area contributed by atoms with Crippen molar-refractivity contribution in [2.45, 2.75) is 38.8 Å². The normalized spacial score (nSPS) is 14.1. The van der Waals surface area contributed by atoms with Crippen LogP contribution in [0.3, 0.4) is 0 Å². The average Bonchev–Trinajstić information content (AvgIpc) is 2.30. The van der Waals surface area contributed by atoms with Gasteiger partial charge in [-0.3, -0.25) is 4.79 Å². The molecule has 4 heteroatoms. The van der Waals surface area contributed by atoms with Gasteiger partial charge in [0.15, 0.2) is 0 Å². The second-order valence-corrected chi connectivity index (χ2v) is 4.61. The molecule has 0 saturated carbocycles. The number of carbonyl (C=O) groups excluding carboxylic acids is 1. The smallest absolute Gasteiger partial charge is 0.237 e. The fourth-order valence-electron chi connectivity index (χ4n) is 1.60. The highest BCUT2D eigenvalue weighted by Crippen LogP contribution is 2.16. The summed E-state index contributed by atoms with van der Waals surface area (Å²) in [5.74, 6) is -0.102. The van der Waals surface area contributed by atoms with E-state index in [9.17, 15) is 4.79 Å². The van der Waals surface area contributed by atoms with E-state index in [-0.39, 0.29) is 11.9 Å². The highest BCUT2D eigenvalue weighted by Gasteiger charge is 2.15. The number of benzene rings is 1. The molecule has 0 fully saturated rings. The average molecular weight is 255 g/mol. The molecular formula is C13H19ClN2O. The topological polar surface area (TPSA) is 55.1 Å². The molecule has 0 aliphatic rings. The Bertz CT molecular complexity index is 364. The summed E-state index contributed by atoms with van der Waals surface area (Å²) < 4.78 is 0. The summed E-state index contributed by atoms with van der Waals surface area (Å²) in [7, 11) is 0. The Morgan fingerprint density at radius 2 is 2.00 bits per heavy atom. The summed E-state index contributed by atoms with van der Waals surface area (Å²) in [6, 6.07) is 6.95. The number of halogens is 1. The van der Waals surface area contributed by atoms with E-state index in [1.807, 2.05) is 38.1 Å². The third-order valence-electron chi connectivity index (χ3n) is 2.67. The molecule has 0 radical (unpaired) electrons. The monoisotopic (exact) mass is 254 g/mol. The van der Waals surface area contributed by atoms with Crippen LogP contribution in [0.25, 0.3) is 0 Å². The molecule has 94 valence electrons. The molecule has 1 amide bonds. The molecule has 1 aromatic rings. The van der Waals surface area contributed by atoms with Crippen molar-refractivity contribution in [3.05, 3.63) is 34.9 Å². The van der Waals surface area contributed by atoms with Crippen LogP contribution < -0.4 is 11.1 Å². The number of rotatable bonds is 5. The molecule has 2 atom stereocenters. The second-order valence-electron chi connectivity index (χ2n) is 4.18. The van der Waals surface area contributed by atoms with E-state index < -0.39 is 6.04 Å². The number of hydrogen-bond acceptors (Lipinski definition) is 2. The predicted molar refractivity (Wildman–Crippen MR) is 70.9 cm³/mol. The summed E-state index contributed by atoms with van der Waals surface area (Å²) >= 11 is 5.81. The van der Waals surface area contributed by atoms with E-state index in [1.165, 1.54) is 0 Å². The molecule has 17 heavy (non-hydrogen) atoms. The third kappa shape index (κ3) is 4.36. The van der Waals surface area contributed by atoms with Gasteiger partial charge in [0.05, 0.1) is 12.1 Å². The SMILES string of the molecule is CCCC(N)C(=O)N[C@@H](C)c1ccc(Cl)cc1. The van der Waals surface area contributed by atoms with Crippen LogP contribution in [-0.4, -0.2) is 11.9 Å². The fourth-order valence-corrected chi connectivity index (χ4v) is 1.72. The molecule has 0 spiro atoms. The van der Waals surface area contributed by atoms with Crippen molar-refractivity contribution in [2.75, 3.05) is 0 Å². The third-order valence-corrected chi connectivity index (χ3v) is 2.92. The second kappa shape index (κ2) is 6.62. The van der Waals surface area contributed by atoms with Gasteiger partial charge in [-0.2, -0.15) is 0 Å². The van der Waals surface area contributed by atoms with Crippen molar-refractivity contribution in [3.8, 4) is 0 Å². The van der Waals surface area contributed by atoms with E-state index in [0.717, 1.165) is 12.0 Å². The molecule has 0 aromatic heterocycles. The van der Waals surface area contributed by atoms with Crippen LogP contribution >= 0.6 is 11.6 Å². The largest absolute Gasteiger partial charge is 0.348 e. The lowest BCUT2D eigenvalue weighted by Crippen LogP contribution is -2.41. The number of nitrogens with one attached hydrogen (secondary N) is 1. The maximum absolute atomic E-state index is 11.7. The molecule has 0 aliphatic carbocycles. The summed E-state index contributed by atoms with van der Waals surface area (Å²) in [5.41, 5.74) is 6.76. The van der Waals surface area contributed by atoms with E-state index in [2.05, 4.69) is 5.32 Å². The van der Waals surface area contributed by atoms with Crippen molar-refractivity contribution in [3.63, 3.8) is 0 Å². The molecule has 1 aromatic carbocycles. The molecule has 0 aliphatic heterocycles.